The van der Waals surface area contributed by atoms with Crippen LogP contribution in [0.5, 0.6) is 0 Å². The Morgan fingerprint density at radius 1 is 0.963 bits per heavy atom. The SMILES string of the molecule is CO[C@H](C(=O)N[C@H](Cc1ccc2ccccc2c1)C(N)=O)c1ccccc1. The molecular weight excluding hydrogens is 340 g/mol. The van der Waals surface area contributed by atoms with Crippen LogP contribution in [0.2, 0.25) is 0 Å². The van der Waals surface area contributed by atoms with Gasteiger partial charge in [-0.15, -0.1) is 0 Å². The van der Waals surface area contributed by atoms with E-state index in [-0.39, 0.29) is 0 Å². The first-order valence-corrected chi connectivity index (χ1v) is 8.73. The number of fused-ring (bicyclic) bond motifs is 1. The standard InChI is InChI=1S/C22H22N2O3/c1-27-20(17-8-3-2-4-9-17)22(26)24-19(21(23)25)14-15-11-12-16-7-5-6-10-18(16)13-15/h2-13,19-20H,14H2,1H3,(H2,23,25)(H,24,26)/t19-,20+/m1/s1. The third-order valence-electron chi connectivity index (χ3n) is 4.49. The molecule has 0 aliphatic carbocycles. The molecule has 0 unspecified atom stereocenters. The Hall–Kier alpha value is -3.18. The highest BCUT2D eigenvalue weighted by Gasteiger charge is 2.25. The first kappa shape index (κ1) is 18.6. The van der Waals surface area contributed by atoms with Gasteiger partial charge in [0.05, 0.1) is 0 Å². The lowest BCUT2D eigenvalue weighted by molar-refractivity contribution is -0.134. The first-order chi connectivity index (χ1) is 13.1. The molecule has 27 heavy (non-hydrogen) atoms. The monoisotopic (exact) mass is 362 g/mol. The number of ether oxygens (including phenoxy) is 1. The summed E-state index contributed by atoms with van der Waals surface area (Å²) in [6.07, 6.45) is -0.485. The van der Waals surface area contributed by atoms with E-state index in [4.69, 9.17) is 10.5 Å². The summed E-state index contributed by atoms with van der Waals surface area (Å²) in [5.74, 6) is -0.979. The number of nitrogens with two attached hydrogens (primary N) is 1. The molecule has 3 aromatic rings. The maximum Gasteiger partial charge on any atom is 0.254 e. The lowest BCUT2D eigenvalue weighted by Crippen LogP contribution is -2.47. The number of hydrogen-bond acceptors (Lipinski definition) is 3. The van der Waals surface area contributed by atoms with Gasteiger partial charge in [-0.3, -0.25) is 9.59 Å². The van der Waals surface area contributed by atoms with Crippen LogP contribution in [0.3, 0.4) is 0 Å². The van der Waals surface area contributed by atoms with E-state index in [2.05, 4.69) is 5.32 Å². The second kappa shape index (κ2) is 8.47. The molecule has 5 heteroatoms. The van der Waals surface area contributed by atoms with Gasteiger partial charge in [-0.25, -0.2) is 0 Å². The van der Waals surface area contributed by atoms with Crippen LogP contribution < -0.4 is 11.1 Å². The van der Waals surface area contributed by atoms with Crippen LogP contribution in [0.4, 0.5) is 0 Å². The molecule has 0 aliphatic heterocycles. The van der Waals surface area contributed by atoms with Crippen molar-refractivity contribution in [3.63, 3.8) is 0 Å². The van der Waals surface area contributed by atoms with Gasteiger partial charge in [0, 0.05) is 13.5 Å². The number of carbonyl (C=O) groups excluding carboxylic acids is 2. The van der Waals surface area contributed by atoms with E-state index in [1.807, 2.05) is 60.7 Å². The summed E-state index contributed by atoms with van der Waals surface area (Å²) in [6.45, 7) is 0. The largest absolute Gasteiger partial charge is 0.368 e. The van der Waals surface area contributed by atoms with Gasteiger partial charge in [-0.2, -0.15) is 0 Å². The van der Waals surface area contributed by atoms with Gasteiger partial charge in [-0.05, 0) is 21.9 Å². The normalized spacial score (nSPS) is 13.1. The molecule has 2 atom stereocenters. The Kier molecular flexibility index (Phi) is 5.84. The zero-order valence-electron chi connectivity index (χ0n) is 15.1. The van der Waals surface area contributed by atoms with E-state index in [9.17, 15) is 9.59 Å². The van der Waals surface area contributed by atoms with E-state index in [0.717, 1.165) is 16.3 Å². The Labute approximate surface area is 158 Å². The van der Waals surface area contributed by atoms with Crippen molar-refractivity contribution in [2.75, 3.05) is 7.11 Å². The Balaban J connectivity index is 1.76. The second-order valence-corrected chi connectivity index (χ2v) is 6.38. The average Bonchev–Trinajstić information content (AvgIpc) is 2.68. The third-order valence-corrected chi connectivity index (χ3v) is 4.49. The summed E-state index contributed by atoms with van der Waals surface area (Å²) in [4.78, 5) is 24.6. The van der Waals surface area contributed by atoms with E-state index in [1.165, 1.54) is 7.11 Å². The second-order valence-electron chi connectivity index (χ2n) is 6.38. The summed E-state index contributed by atoms with van der Waals surface area (Å²) in [5, 5.41) is 4.91. The van der Waals surface area contributed by atoms with Crippen molar-refractivity contribution in [2.45, 2.75) is 18.6 Å². The summed E-state index contributed by atoms with van der Waals surface area (Å²) in [6, 6.07) is 22.2. The fraction of sp³-hybridized carbons (Fsp3) is 0.182. The molecule has 0 saturated carbocycles. The zero-order valence-corrected chi connectivity index (χ0v) is 15.1. The summed E-state index contributed by atoms with van der Waals surface area (Å²) in [7, 11) is 1.46. The summed E-state index contributed by atoms with van der Waals surface area (Å²) in [5.41, 5.74) is 7.17. The fourth-order valence-electron chi connectivity index (χ4n) is 3.09. The minimum absolute atomic E-state index is 0.317. The highest BCUT2D eigenvalue weighted by atomic mass is 16.5. The molecule has 5 nitrogen and oxygen atoms in total. The highest BCUT2D eigenvalue weighted by Crippen LogP contribution is 2.19. The van der Waals surface area contributed by atoms with Gasteiger partial charge in [0.2, 0.25) is 5.91 Å². The molecule has 3 N–H and O–H groups in total. The summed E-state index contributed by atoms with van der Waals surface area (Å²) >= 11 is 0. The number of carbonyl (C=O) groups is 2. The van der Waals surface area contributed by atoms with E-state index >= 15 is 0 Å². The van der Waals surface area contributed by atoms with Gasteiger partial charge >= 0.3 is 0 Å². The van der Waals surface area contributed by atoms with Crippen molar-refractivity contribution < 1.29 is 14.3 Å². The molecule has 3 rings (SSSR count). The van der Waals surface area contributed by atoms with Crippen LogP contribution >= 0.6 is 0 Å². The number of nitrogens with one attached hydrogen (secondary N) is 1. The molecular formula is C22H22N2O3. The number of hydrogen-bond donors (Lipinski definition) is 2. The highest BCUT2D eigenvalue weighted by molar-refractivity contribution is 5.89. The molecule has 0 saturated heterocycles. The fourth-order valence-corrected chi connectivity index (χ4v) is 3.09. The molecule has 0 radical (unpaired) electrons. The molecule has 2 amide bonds. The molecule has 138 valence electrons. The molecule has 0 bridgehead atoms. The van der Waals surface area contributed by atoms with Crippen molar-refractivity contribution in [1.29, 1.82) is 0 Å². The number of amides is 2. The molecule has 0 aromatic heterocycles. The van der Waals surface area contributed by atoms with E-state index in [1.54, 1.807) is 12.1 Å². The average molecular weight is 362 g/mol. The van der Waals surface area contributed by atoms with Crippen molar-refractivity contribution >= 4 is 22.6 Å². The Bertz CT molecular complexity index is 940. The summed E-state index contributed by atoms with van der Waals surface area (Å²) < 4.78 is 5.32. The van der Waals surface area contributed by atoms with Crippen LogP contribution in [-0.4, -0.2) is 25.0 Å². The number of rotatable bonds is 7. The van der Waals surface area contributed by atoms with E-state index < -0.39 is 24.0 Å². The van der Waals surface area contributed by atoms with Crippen LogP contribution in [0.1, 0.15) is 17.2 Å². The van der Waals surface area contributed by atoms with Gasteiger partial charge < -0.3 is 15.8 Å². The number of methoxy groups -OCH3 is 1. The van der Waals surface area contributed by atoms with Gasteiger partial charge in [-0.1, -0.05) is 72.8 Å². The molecule has 0 heterocycles. The van der Waals surface area contributed by atoms with Crippen LogP contribution in [0.25, 0.3) is 10.8 Å². The van der Waals surface area contributed by atoms with Gasteiger partial charge in [0.1, 0.15) is 6.04 Å². The maximum absolute atomic E-state index is 12.6. The topological polar surface area (TPSA) is 81.4 Å². The van der Waals surface area contributed by atoms with Crippen molar-refractivity contribution in [1.82, 2.24) is 5.32 Å². The maximum atomic E-state index is 12.6. The van der Waals surface area contributed by atoms with Crippen LogP contribution in [0, 0.1) is 0 Å². The smallest absolute Gasteiger partial charge is 0.254 e. The predicted molar refractivity (Wildman–Crippen MR) is 105 cm³/mol. The third kappa shape index (κ3) is 4.51. The van der Waals surface area contributed by atoms with Crippen molar-refractivity contribution in [3.05, 3.63) is 83.9 Å². The lowest BCUT2D eigenvalue weighted by Gasteiger charge is -2.20. The van der Waals surface area contributed by atoms with Crippen LogP contribution in [0.15, 0.2) is 72.8 Å². The lowest BCUT2D eigenvalue weighted by atomic mass is 10.0. The Morgan fingerprint density at radius 2 is 1.63 bits per heavy atom. The number of primary amides is 1. The van der Waals surface area contributed by atoms with Crippen LogP contribution in [-0.2, 0) is 20.7 Å². The quantitative estimate of drug-likeness (QED) is 0.678. The molecule has 0 fully saturated rings. The van der Waals surface area contributed by atoms with Crippen molar-refractivity contribution in [3.8, 4) is 0 Å². The number of benzene rings is 3. The first-order valence-electron chi connectivity index (χ1n) is 8.73. The molecule has 0 spiro atoms. The van der Waals surface area contributed by atoms with Gasteiger partial charge in [0.15, 0.2) is 6.10 Å². The molecule has 3 aromatic carbocycles. The molecule has 0 aliphatic rings. The van der Waals surface area contributed by atoms with Crippen molar-refractivity contribution in [2.24, 2.45) is 5.73 Å². The Morgan fingerprint density at radius 3 is 2.30 bits per heavy atom. The van der Waals surface area contributed by atoms with E-state index in [0.29, 0.717) is 12.0 Å². The zero-order chi connectivity index (χ0) is 19.2. The minimum atomic E-state index is -0.819. The van der Waals surface area contributed by atoms with Gasteiger partial charge in [0.25, 0.3) is 5.91 Å². The predicted octanol–water partition coefficient (Wildman–Crippen LogP) is 2.74. The minimum Gasteiger partial charge on any atom is -0.368 e.